The highest BCUT2D eigenvalue weighted by molar-refractivity contribution is 7.99. The summed E-state index contributed by atoms with van der Waals surface area (Å²) in [7, 11) is 1.61. The van der Waals surface area contributed by atoms with Crippen LogP contribution in [0.3, 0.4) is 0 Å². The van der Waals surface area contributed by atoms with Crippen molar-refractivity contribution in [2.75, 3.05) is 18.2 Å². The average molecular weight is 558 g/mol. The van der Waals surface area contributed by atoms with E-state index in [1.807, 2.05) is 103 Å². The van der Waals surface area contributed by atoms with E-state index in [-0.39, 0.29) is 11.7 Å². The van der Waals surface area contributed by atoms with E-state index in [1.54, 1.807) is 7.11 Å². The molecule has 8 nitrogen and oxygen atoms in total. The number of aromatic nitrogens is 4. The maximum atomic E-state index is 12.9. The maximum Gasteiger partial charge on any atom is 0.236 e. The Bertz CT molecular complexity index is 1550. The third-order valence-corrected chi connectivity index (χ3v) is 7.65. The van der Waals surface area contributed by atoms with E-state index < -0.39 is 6.10 Å². The molecule has 0 aliphatic carbocycles. The van der Waals surface area contributed by atoms with Crippen LogP contribution in [-0.4, -0.2) is 38.5 Å². The fourth-order valence-electron chi connectivity index (χ4n) is 4.02. The van der Waals surface area contributed by atoms with Crippen molar-refractivity contribution in [3.8, 4) is 28.4 Å². The van der Waals surface area contributed by atoms with Crippen LogP contribution in [0.2, 0.25) is 0 Å². The second-order valence-corrected chi connectivity index (χ2v) is 10.7. The first-order valence-corrected chi connectivity index (χ1v) is 14.1. The van der Waals surface area contributed by atoms with Gasteiger partial charge in [0.1, 0.15) is 0 Å². The number of methoxy groups -OCH3 is 1. The summed E-state index contributed by atoms with van der Waals surface area (Å²) < 4.78 is 13.6. The second kappa shape index (κ2) is 12.1. The maximum absolute atomic E-state index is 12.9. The van der Waals surface area contributed by atoms with Gasteiger partial charge in [-0.25, -0.2) is 4.98 Å². The molecule has 5 rings (SSSR count). The van der Waals surface area contributed by atoms with Crippen LogP contribution in [0.4, 0.5) is 5.13 Å². The van der Waals surface area contributed by atoms with Crippen molar-refractivity contribution in [1.82, 2.24) is 19.7 Å². The van der Waals surface area contributed by atoms with Crippen molar-refractivity contribution >= 4 is 34.1 Å². The molecule has 0 spiro atoms. The van der Waals surface area contributed by atoms with Crippen LogP contribution in [0.1, 0.15) is 23.7 Å². The Labute approximate surface area is 235 Å². The number of carbonyl (C=O) groups excluding carboxylic acids is 1. The number of ether oxygens (including phenoxy) is 2. The number of carbonyl (C=O) groups is 1. The third-order valence-electron chi connectivity index (χ3n) is 5.83. The van der Waals surface area contributed by atoms with Gasteiger partial charge in [-0.3, -0.25) is 9.36 Å². The standard InChI is InChI=1S/C29H27N5O3S2/c1-19(37-24-17-11-10-16-23(24)36-3)27-32-33-29(34(27)22-14-8-5-9-15-22)38-18-25(35)30-28-31-26(20(2)39-28)21-12-6-4-7-13-21/h4-17,19H,18H2,1-3H3,(H,30,31,35). The summed E-state index contributed by atoms with van der Waals surface area (Å²) in [4.78, 5) is 18.6. The molecule has 1 N–H and O–H groups in total. The number of para-hydroxylation sites is 3. The van der Waals surface area contributed by atoms with Crippen molar-refractivity contribution in [1.29, 1.82) is 0 Å². The molecule has 0 bridgehead atoms. The van der Waals surface area contributed by atoms with Crippen molar-refractivity contribution < 1.29 is 14.3 Å². The fourth-order valence-corrected chi connectivity index (χ4v) is 5.63. The number of amides is 1. The van der Waals surface area contributed by atoms with Crippen LogP contribution < -0.4 is 14.8 Å². The Kier molecular flexibility index (Phi) is 8.24. The molecule has 0 aliphatic rings. The number of thiazole rings is 1. The highest BCUT2D eigenvalue weighted by atomic mass is 32.2. The van der Waals surface area contributed by atoms with Gasteiger partial charge in [-0.15, -0.1) is 21.5 Å². The monoisotopic (exact) mass is 557 g/mol. The van der Waals surface area contributed by atoms with Gasteiger partial charge in [-0.1, -0.05) is 72.4 Å². The van der Waals surface area contributed by atoms with Crippen molar-refractivity contribution in [2.24, 2.45) is 0 Å². The summed E-state index contributed by atoms with van der Waals surface area (Å²) in [5.74, 6) is 1.83. The largest absolute Gasteiger partial charge is 0.493 e. The van der Waals surface area contributed by atoms with Gasteiger partial charge in [-0.2, -0.15) is 0 Å². The van der Waals surface area contributed by atoms with E-state index in [0.29, 0.717) is 27.6 Å². The lowest BCUT2D eigenvalue weighted by atomic mass is 10.1. The lowest BCUT2D eigenvalue weighted by Crippen LogP contribution is -2.15. The number of thioether (sulfide) groups is 1. The summed E-state index contributed by atoms with van der Waals surface area (Å²) in [6.07, 6.45) is -0.438. The highest BCUT2D eigenvalue weighted by Crippen LogP contribution is 2.33. The molecule has 1 amide bonds. The number of hydrogen-bond acceptors (Lipinski definition) is 8. The van der Waals surface area contributed by atoms with E-state index in [9.17, 15) is 4.79 Å². The molecular weight excluding hydrogens is 530 g/mol. The molecule has 0 fully saturated rings. The van der Waals surface area contributed by atoms with Gasteiger partial charge < -0.3 is 14.8 Å². The zero-order valence-electron chi connectivity index (χ0n) is 21.7. The summed E-state index contributed by atoms with van der Waals surface area (Å²) >= 11 is 2.76. The zero-order chi connectivity index (χ0) is 27.2. The first kappa shape index (κ1) is 26.5. The smallest absolute Gasteiger partial charge is 0.236 e. The topological polar surface area (TPSA) is 91.2 Å². The molecule has 39 heavy (non-hydrogen) atoms. The van der Waals surface area contributed by atoms with Crippen molar-refractivity contribution in [2.45, 2.75) is 25.1 Å². The number of aryl methyl sites for hydroxylation is 1. The SMILES string of the molecule is COc1ccccc1OC(C)c1nnc(SCC(=O)Nc2nc(-c3ccccc3)c(C)s2)n1-c1ccccc1. The van der Waals surface area contributed by atoms with Crippen LogP contribution in [0.15, 0.2) is 90.1 Å². The van der Waals surface area contributed by atoms with Gasteiger partial charge in [0.15, 0.2) is 33.7 Å². The molecule has 5 aromatic rings. The molecule has 0 radical (unpaired) electrons. The zero-order valence-corrected chi connectivity index (χ0v) is 23.3. The molecule has 3 aromatic carbocycles. The number of nitrogens with zero attached hydrogens (tertiary/aromatic N) is 4. The van der Waals surface area contributed by atoms with Gasteiger partial charge in [0.25, 0.3) is 0 Å². The number of benzene rings is 3. The Morgan fingerprint density at radius 2 is 1.64 bits per heavy atom. The summed E-state index contributed by atoms with van der Waals surface area (Å²) in [6.45, 7) is 3.91. The molecule has 0 saturated carbocycles. The molecule has 1 unspecified atom stereocenters. The second-order valence-electron chi connectivity index (χ2n) is 8.55. The molecular formula is C29H27N5O3S2. The van der Waals surface area contributed by atoms with E-state index in [4.69, 9.17) is 9.47 Å². The van der Waals surface area contributed by atoms with Gasteiger partial charge in [0.05, 0.1) is 18.6 Å². The number of rotatable bonds is 10. The summed E-state index contributed by atoms with van der Waals surface area (Å²) in [5.41, 5.74) is 2.77. The number of nitrogens with one attached hydrogen (secondary N) is 1. The Hall–Kier alpha value is -4.15. The van der Waals surface area contributed by atoms with Gasteiger partial charge in [0.2, 0.25) is 5.91 Å². The number of anilines is 1. The van der Waals surface area contributed by atoms with Crippen LogP contribution >= 0.6 is 23.1 Å². The lowest BCUT2D eigenvalue weighted by Gasteiger charge is -2.18. The minimum atomic E-state index is -0.438. The molecule has 2 heterocycles. The quantitative estimate of drug-likeness (QED) is 0.194. The van der Waals surface area contributed by atoms with Gasteiger partial charge in [-0.05, 0) is 38.1 Å². The average Bonchev–Trinajstić information content (AvgIpc) is 3.56. The summed E-state index contributed by atoms with van der Waals surface area (Å²) in [6, 6.07) is 27.2. The van der Waals surface area contributed by atoms with Crippen LogP contribution in [-0.2, 0) is 4.79 Å². The van der Waals surface area contributed by atoms with E-state index in [1.165, 1.54) is 23.1 Å². The normalized spacial score (nSPS) is 11.7. The van der Waals surface area contributed by atoms with Gasteiger partial charge in [0, 0.05) is 16.1 Å². The lowest BCUT2D eigenvalue weighted by molar-refractivity contribution is -0.113. The molecule has 1 atom stereocenters. The minimum Gasteiger partial charge on any atom is -0.493 e. The highest BCUT2D eigenvalue weighted by Gasteiger charge is 2.23. The van der Waals surface area contributed by atoms with Crippen molar-refractivity contribution in [3.63, 3.8) is 0 Å². The molecule has 0 aliphatic heterocycles. The Morgan fingerprint density at radius 3 is 2.36 bits per heavy atom. The molecule has 2 aromatic heterocycles. The minimum absolute atomic E-state index is 0.145. The Morgan fingerprint density at radius 1 is 0.974 bits per heavy atom. The predicted octanol–water partition coefficient (Wildman–Crippen LogP) is 6.58. The predicted molar refractivity (Wildman–Crippen MR) is 155 cm³/mol. The van der Waals surface area contributed by atoms with Gasteiger partial charge >= 0.3 is 0 Å². The molecule has 10 heteroatoms. The van der Waals surface area contributed by atoms with E-state index in [0.717, 1.165) is 21.8 Å². The van der Waals surface area contributed by atoms with E-state index in [2.05, 4.69) is 20.5 Å². The fraction of sp³-hybridized carbons (Fsp3) is 0.172. The van der Waals surface area contributed by atoms with Crippen LogP contribution in [0, 0.1) is 6.92 Å². The van der Waals surface area contributed by atoms with E-state index >= 15 is 0 Å². The first-order chi connectivity index (χ1) is 19.0. The van der Waals surface area contributed by atoms with Crippen molar-refractivity contribution in [3.05, 3.63) is 95.6 Å². The number of hydrogen-bond donors (Lipinski definition) is 1. The molecule has 0 saturated heterocycles. The van der Waals surface area contributed by atoms with Crippen LogP contribution in [0.25, 0.3) is 16.9 Å². The molecule has 198 valence electrons. The Balaban J connectivity index is 1.33. The van der Waals surface area contributed by atoms with Crippen LogP contribution in [0.5, 0.6) is 11.5 Å². The first-order valence-electron chi connectivity index (χ1n) is 12.3. The third kappa shape index (κ3) is 6.13. The summed E-state index contributed by atoms with van der Waals surface area (Å²) in [5, 5.41) is 12.9.